The summed E-state index contributed by atoms with van der Waals surface area (Å²) in [7, 11) is -9.83. The summed E-state index contributed by atoms with van der Waals surface area (Å²) in [6, 6.07) is 0. The molecule has 0 spiro atoms. The lowest BCUT2D eigenvalue weighted by Crippen LogP contribution is -2.30. The third-order valence-corrected chi connectivity index (χ3v) is 18.2. The molecule has 0 saturated carbocycles. The third kappa shape index (κ3) is 81.2. The van der Waals surface area contributed by atoms with E-state index >= 15 is 0 Å². The molecule has 0 radical (unpaired) electrons. The van der Waals surface area contributed by atoms with Gasteiger partial charge in [0.05, 0.1) is 26.4 Å². The molecule has 5 unspecified atom stereocenters. The van der Waals surface area contributed by atoms with Crippen molar-refractivity contribution in [1.29, 1.82) is 0 Å². The van der Waals surface area contributed by atoms with E-state index in [1.807, 2.05) is 0 Å². The van der Waals surface area contributed by atoms with Gasteiger partial charge in [0.1, 0.15) is 25.4 Å². The summed E-state index contributed by atoms with van der Waals surface area (Å²) in [5.41, 5.74) is 0. The molecular formula is C89H144O16P2. The number of esters is 3. The van der Waals surface area contributed by atoms with Crippen LogP contribution < -0.4 is 0 Å². The van der Waals surface area contributed by atoms with Gasteiger partial charge in [0, 0.05) is 19.3 Å². The van der Waals surface area contributed by atoms with Crippen molar-refractivity contribution in [2.75, 3.05) is 39.6 Å². The Balaban J connectivity index is 4.72. The van der Waals surface area contributed by atoms with E-state index in [0.717, 1.165) is 186 Å². The molecule has 0 saturated heterocycles. The maximum atomic E-state index is 13.0. The summed E-state index contributed by atoms with van der Waals surface area (Å²) in [4.78, 5) is 58.8. The average Bonchev–Trinajstić information content (AvgIpc) is 0.934. The number of aliphatic hydroxyl groups is 2. The normalized spacial score (nSPS) is 14.9. The van der Waals surface area contributed by atoms with Gasteiger partial charge in [0.15, 0.2) is 6.10 Å². The van der Waals surface area contributed by atoms with Crippen molar-refractivity contribution in [2.24, 2.45) is 0 Å². The predicted octanol–water partition coefficient (Wildman–Crippen LogP) is 24.3. The molecule has 0 aliphatic carbocycles. The van der Waals surface area contributed by atoms with E-state index < -0.39 is 91.5 Å². The van der Waals surface area contributed by atoms with Crippen molar-refractivity contribution in [2.45, 2.75) is 309 Å². The van der Waals surface area contributed by atoms with Gasteiger partial charge in [-0.2, -0.15) is 0 Å². The lowest BCUT2D eigenvalue weighted by Gasteiger charge is -2.21. The number of phosphoric acid groups is 2. The van der Waals surface area contributed by atoms with Gasteiger partial charge in [-0.15, -0.1) is 0 Å². The second-order valence-electron chi connectivity index (χ2n) is 26.4. The van der Waals surface area contributed by atoms with Crippen LogP contribution in [0.3, 0.4) is 0 Å². The van der Waals surface area contributed by atoms with Crippen molar-refractivity contribution in [1.82, 2.24) is 0 Å². The van der Waals surface area contributed by atoms with Gasteiger partial charge in [-0.3, -0.25) is 32.5 Å². The minimum absolute atomic E-state index is 0.0389. The van der Waals surface area contributed by atoms with E-state index in [1.54, 1.807) is 0 Å². The lowest BCUT2D eigenvalue weighted by atomic mass is 10.0. The summed E-state index contributed by atoms with van der Waals surface area (Å²) in [5.74, 6) is -1.65. The molecule has 107 heavy (non-hydrogen) atoms. The van der Waals surface area contributed by atoms with Crippen molar-refractivity contribution < 1.29 is 75.8 Å². The second kappa shape index (κ2) is 79.9. The zero-order valence-corrected chi connectivity index (χ0v) is 68.0. The van der Waals surface area contributed by atoms with E-state index in [-0.39, 0.29) is 19.3 Å². The highest BCUT2D eigenvalue weighted by atomic mass is 31.2. The van der Waals surface area contributed by atoms with Crippen molar-refractivity contribution >= 4 is 33.6 Å². The van der Waals surface area contributed by atoms with Crippen molar-refractivity contribution in [3.8, 4) is 0 Å². The van der Waals surface area contributed by atoms with Crippen LogP contribution in [0.1, 0.15) is 290 Å². The average molecular weight is 1530 g/mol. The number of carbonyl (C=O) groups is 3. The molecule has 606 valence electrons. The largest absolute Gasteiger partial charge is 0.472 e. The van der Waals surface area contributed by atoms with Crippen LogP contribution in [0.15, 0.2) is 194 Å². The van der Waals surface area contributed by atoms with Crippen LogP contribution in [0, 0.1) is 0 Å². The molecule has 0 aromatic carbocycles. The van der Waals surface area contributed by atoms with Crippen LogP contribution in [-0.4, -0.2) is 95.9 Å². The first-order valence-corrected chi connectivity index (χ1v) is 43.7. The minimum atomic E-state index is -4.96. The molecule has 0 aromatic rings. The number of phosphoric ester groups is 2. The Labute approximate surface area is 648 Å². The smallest absolute Gasteiger partial charge is 0.463 e. The Morgan fingerprint density at radius 2 is 0.467 bits per heavy atom. The number of unbranched alkanes of at least 4 members (excludes halogenated alkanes) is 20. The van der Waals surface area contributed by atoms with Crippen LogP contribution in [-0.2, 0) is 55.8 Å². The molecule has 0 heterocycles. The molecular weight excluding hydrogens is 1390 g/mol. The van der Waals surface area contributed by atoms with Gasteiger partial charge in [-0.1, -0.05) is 305 Å². The molecule has 5 atom stereocenters. The zero-order chi connectivity index (χ0) is 78.0. The van der Waals surface area contributed by atoms with Crippen LogP contribution in [0.25, 0.3) is 0 Å². The number of rotatable bonds is 75. The molecule has 0 aromatic heterocycles. The topological polar surface area (TPSA) is 231 Å². The van der Waals surface area contributed by atoms with Crippen molar-refractivity contribution in [3.63, 3.8) is 0 Å². The fraction of sp³-hybridized carbons (Fsp3) is 0.607. The molecule has 0 amide bonds. The number of hydrogen-bond donors (Lipinski definition) is 4. The molecule has 4 N–H and O–H groups in total. The number of allylic oxidation sites excluding steroid dienone is 32. The zero-order valence-electron chi connectivity index (χ0n) is 66.2. The highest BCUT2D eigenvalue weighted by Gasteiger charge is 2.29. The SMILES string of the molecule is CC/C=C\C/C=C\C/C=C\C/C=C\C/C=C\C/C=C\CCCCC(=O)OC(COC(=O)CCCCCCCCC/C=C\C/C=C\C/C=C\C/C=C\C/C=C\CC)COP(=O)(O)OCC(O)COP(=O)(O)OCC(O)COC(=O)CCCCCCCCCCCCC/C=C\C/C=C\C/C=C\C/C=C\C/C=C\CC. The molecule has 0 aliphatic heterocycles. The molecule has 0 bridgehead atoms. The lowest BCUT2D eigenvalue weighted by molar-refractivity contribution is -0.161. The van der Waals surface area contributed by atoms with Crippen molar-refractivity contribution in [3.05, 3.63) is 194 Å². The number of carbonyl (C=O) groups excluding carboxylic acids is 3. The molecule has 0 aliphatic rings. The first-order chi connectivity index (χ1) is 52.2. The Bertz CT molecular complexity index is 2720. The van der Waals surface area contributed by atoms with E-state index in [0.29, 0.717) is 25.7 Å². The van der Waals surface area contributed by atoms with Gasteiger partial charge < -0.3 is 34.2 Å². The first-order valence-electron chi connectivity index (χ1n) is 40.7. The molecule has 0 rings (SSSR count). The molecule has 16 nitrogen and oxygen atoms in total. The molecule has 0 fully saturated rings. The highest BCUT2D eigenvalue weighted by Crippen LogP contribution is 2.45. The maximum absolute atomic E-state index is 13.0. The molecule has 18 heteroatoms. The Hall–Kier alpha value is -5.61. The van der Waals surface area contributed by atoms with Crippen LogP contribution >= 0.6 is 15.6 Å². The van der Waals surface area contributed by atoms with E-state index in [2.05, 4.69) is 215 Å². The van der Waals surface area contributed by atoms with E-state index in [1.165, 1.54) is 38.5 Å². The summed E-state index contributed by atoms with van der Waals surface area (Å²) in [5, 5.41) is 20.7. The maximum Gasteiger partial charge on any atom is 0.472 e. The highest BCUT2D eigenvalue weighted by molar-refractivity contribution is 7.47. The summed E-state index contributed by atoms with van der Waals surface area (Å²) < 4.78 is 61.2. The van der Waals surface area contributed by atoms with Gasteiger partial charge in [-0.05, 0) is 161 Å². The number of ether oxygens (including phenoxy) is 3. The third-order valence-electron chi connectivity index (χ3n) is 16.3. The summed E-state index contributed by atoms with van der Waals surface area (Å²) in [6.07, 6.45) is 105. The van der Waals surface area contributed by atoms with Crippen LogP contribution in [0.4, 0.5) is 0 Å². The second-order valence-corrected chi connectivity index (χ2v) is 29.3. The van der Waals surface area contributed by atoms with Gasteiger partial charge in [0.25, 0.3) is 0 Å². The fourth-order valence-corrected chi connectivity index (χ4v) is 11.8. The minimum Gasteiger partial charge on any atom is -0.463 e. The summed E-state index contributed by atoms with van der Waals surface area (Å²) >= 11 is 0. The van der Waals surface area contributed by atoms with E-state index in [4.69, 9.17) is 32.3 Å². The Morgan fingerprint density at radius 3 is 0.757 bits per heavy atom. The Kier molecular flexibility index (Phi) is 75.7. The van der Waals surface area contributed by atoms with Gasteiger partial charge in [0.2, 0.25) is 0 Å². The van der Waals surface area contributed by atoms with Crippen LogP contribution in [0.2, 0.25) is 0 Å². The fourth-order valence-electron chi connectivity index (χ4n) is 10.2. The van der Waals surface area contributed by atoms with Crippen LogP contribution in [0.5, 0.6) is 0 Å². The monoisotopic (exact) mass is 1530 g/mol. The first kappa shape index (κ1) is 101. The van der Waals surface area contributed by atoms with Gasteiger partial charge in [-0.25, -0.2) is 9.13 Å². The van der Waals surface area contributed by atoms with E-state index in [9.17, 15) is 43.5 Å². The predicted molar refractivity (Wildman–Crippen MR) is 444 cm³/mol. The summed E-state index contributed by atoms with van der Waals surface area (Å²) in [6.45, 7) is 2.26. The number of hydrogen-bond acceptors (Lipinski definition) is 14. The number of aliphatic hydroxyl groups excluding tert-OH is 2. The quantitative estimate of drug-likeness (QED) is 0.0146. The van der Waals surface area contributed by atoms with Gasteiger partial charge >= 0.3 is 33.6 Å². The standard InChI is InChI=1S/C89H144O16P2/c1-4-7-10-13-16-19-22-25-28-31-34-37-39-40-41-42-44-47-48-51-54-57-60-63-66-69-72-75-87(92)99-78-84(90)79-101-106(95,96)102-80-85(91)81-103-107(97,98)104-83-86(105-89(94)77-74-71-68-65-62-59-56-53-50-45-36-33-30-27-24-21-18-15-12-9-6-3)82-100-88(93)76-73-70-67-64-61-58-55-52-49-46-43-38-35-32-29-26-23-20-17-14-11-8-5-2/h7-12,16-21,25-30,34-38,40-41,45-46,49,53,56,62,65,84-86,90-91H,4-6,13-15,22-24,31-33,39,42-44,47-48,50-52,54-55,57-61,63-64,66-83H2,1-3H3,(H,95,96)(H,97,98)/b10-7-,11-8-,12-9-,19-16-,20-17-,21-18-,28-25-,29-26-,30-27-,37-34-,38-35-,41-40-,45-36-,49-46-,56-53-,65-62-. The Morgan fingerprint density at radius 1 is 0.262 bits per heavy atom.